The molecule has 4 rings (SSSR count). The molecule has 7 nitrogen and oxygen atoms in total. The molecule has 1 N–H and O–H groups in total. The van der Waals surface area contributed by atoms with Crippen LogP contribution in [0.5, 0.6) is 0 Å². The molecule has 0 saturated carbocycles. The molecule has 132 valence electrons. The zero-order chi connectivity index (χ0) is 17.1. The third-order valence-electron chi connectivity index (χ3n) is 5.15. The monoisotopic (exact) mass is 340 g/mol. The molecule has 0 amide bonds. The van der Waals surface area contributed by atoms with Crippen LogP contribution in [0.1, 0.15) is 12.8 Å². The number of hydrogen-bond donors (Lipinski definition) is 1. The van der Waals surface area contributed by atoms with E-state index in [0.717, 1.165) is 57.2 Å². The van der Waals surface area contributed by atoms with Crippen LogP contribution < -0.4 is 14.7 Å². The molecule has 0 aromatic carbocycles. The summed E-state index contributed by atoms with van der Waals surface area (Å²) >= 11 is 0. The van der Waals surface area contributed by atoms with Crippen molar-refractivity contribution in [3.8, 4) is 0 Å². The van der Waals surface area contributed by atoms with Crippen LogP contribution in [0.2, 0.25) is 0 Å². The van der Waals surface area contributed by atoms with Gasteiger partial charge in [0.1, 0.15) is 18.0 Å². The van der Waals surface area contributed by atoms with E-state index >= 15 is 0 Å². The highest BCUT2D eigenvalue weighted by Crippen LogP contribution is 2.26. The molecule has 2 aromatic rings. The number of aromatic nitrogens is 3. The van der Waals surface area contributed by atoms with Crippen LogP contribution in [0, 0.1) is 0 Å². The van der Waals surface area contributed by atoms with Gasteiger partial charge in [-0.2, -0.15) is 0 Å². The van der Waals surface area contributed by atoms with Crippen LogP contribution in [0.4, 0.5) is 17.3 Å². The van der Waals surface area contributed by atoms with Gasteiger partial charge in [-0.1, -0.05) is 0 Å². The molecule has 2 aliphatic heterocycles. The second kappa shape index (κ2) is 7.23. The van der Waals surface area contributed by atoms with Crippen molar-refractivity contribution in [2.75, 3.05) is 54.0 Å². The fraction of sp³-hybridized carbons (Fsp3) is 0.500. The molecule has 25 heavy (non-hydrogen) atoms. The van der Waals surface area contributed by atoms with Crippen LogP contribution in [-0.4, -0.2) is 65.4 Å². The summed E-state index contributed by atoms with van der Waals surface area (Å²) in [5.74, 6) is 1.90. The first-order valence-corrected chi connectivity index (χ1v) is 8.94. The van der Waals surface area contributed by atoms with E-state index in [1.807, 2.05) is 12.4 Å². The average molecular weight is 340 g/mol. The number of pyridine rings is 1. The zero-order valence-electron chi connectivity index (χ0n) is 14.3. The molecule has 2 aromatic heterocycles. The molecular formula is C18H24N6O. The van der Waals surface area contributed by atoms with Crippen LogP contribution in [-0.2, 0) is 0 Å². The Kier molecular flexibility index (Phi) is 4.65. The SMILES string of the molecule is OC[C@H]1CCCN1c1cc(N2CCN(c3ccncc3)CC2)ncn1. The van der Waals surface area contributed by atoms with Gasteiger partial charge < -0.3 is 19.8 Å². The highest BCUT2D eigenvalue weighted by molar-refractivity contribution is 5.53. The summed E-state index contributed by atoms with van der Waals surface area (Å²) in [5, 5.41) is 9.55. The lowest BCUT2D eigenvalue weighted by molar-refractivity contribution is 0.266. The lowest BCUT2D eigenvalue weighted by Gasteiger charge is -2.37. The minimum absolute atomic E-state index is 0.184. The maximum Gasteiger partial charge on any atom is 0.134 e. The van der Waals surface area contributed by atoms with Gasteiger partial charge in [0.2, 0.25) is 0 Å². The van der Waals surface area contributed by atoms with Crippen molar-refractivity contribution < 1.29 is 5.11 Å². The number of rotatable bonds is 4. The fourth-order valence-electron chi connectivity index (χ4n) is 3.74. The van der Waals surface area contributed by atoms with E-state index in [1.54, 1.807) is 6.33 Å². The summed E-state index contributed by atoms with van der Waals surface area (Å²) in [6.07, 6.45) is 7.46. The van der Waals surface area contributed by atoms with Crippen molar-refractivity contribution in [3.63, 3.8) is 0 Å². The van der Waals surface area contributed by atoms with E-state index < -0.39 is 0 Å². The summed E-state index contributed by atoms with van der Waals surface area (Å²) in [6, 6.07) is 6.36. The summed E-state index contributed by atoms with van der Waals surface area (Å²) in [6.45, 7) is 4.94. The van der Waals surface area contributed by atoms with Gasteiger partial charge in [-0.3, -0.25) is 4.98 Å². The minimum Gasteiger partial charge on any atom is -0.394 e. The van der Waals surface area contributed by atoms with E-state index in [9.17, 15) is 5.11 Å². The number of piperazine rings is 1. The van der Waals surface area contributed by atoms with Gasteiger partial charge in [-0.15, -0.1) is 0 Å². The van der Waals surface area contributed by atoms with Crippen molar-refractivity contribution in [1.29, 1.82) is 0 Å². The topological polar surface area (TPSA) is 68.6 Å². The van der Waals surface area contributed by atoms with Crippen LogP contribution in [0.3, 0.4) is 0 Å². The van der Waals surface area contributed by atoms with E-state index in [4.69, 9.17) is 0 Å². The number of hydrogen-bond acceptors (Lipinski definition) is 7. The highest BCUT2D eigenvalue weighted by Gasteiger charge is 2.26. The fourth-order valence-corrected chi connectivity index (χ4v) is 3.74. The Hall–Kier alpha value is -2.41. The third kappa shape index (κ3) is 3.37. The predicted octanol–water partition coefficient (Wildman–Crippen LogP) is 1.16. The molecule has 0 unspecified atom stereocenters. The second-order valence-electron chi connectivity index (χ2n) is 6.59. The van der Waals surface area contributed by atoms with Crippen molar-refractivity contribution in [2.24, 2.45) is 0 Å². The Bertz CT molecular complexity index is 689. The van der Waals surface area contributed by atoms with Crippen molar-refractivity contribution in [3.05, 3.63) is 36.9 Å². The molecule has 4 heterocycles. The summed E-state index contributed by atoms with van der Waals surface area (Å²) in [5.41, 5.74) is 1.22. The molecule has 2 fully saturated rings. The smallest absolute Gasteiger partial charge is 0.134 e. The molecular weight excluding hydrogens is 316 g/mol. The van der Waals surface area contributed by atoms with E-state index in [0.29, 0.717) is 0 Å². The number of nitrogens with zero attached hydrogens (tertiary/aromatic N) is 6. The predicted molar refractivity (Wildman–Crippen MR) is 98.1 cm³/mol. The highest BCUT2D eigenvalue weighted by atomic mass is 16.3. The van der Waals surface area contributed by atoms with Crippen molar-refractivity contribution >= 4 is 17.3 Å². The number of anilines is 3. The number of aliphatic hydroxyl groups excluding tert-OH is 1. The Morgan fingerprint density at radius 2 is 1.68 bits per heavy atom. The lowest BCUT2D eigenvalue weighted by atomic mass is 10.2. The number of aliphatic hydroxyl groups is 1. The van der Waals surface area contributed by atoms with Gasteiger partial charge in [0.25, 0.3) is 0 Å². The normalized spacial score (nSPS) is 21.0. The van der Waals surface area contributed by atoms with Gasteiger partial charge in [-0.25, -0.2) is 9.97 Å². The summed E-state index contributed by atoms with van der Waals surface area (Å²) in [7, 11) is 0. The summed E-state index contributed by atoms with van der Waals surface area (Å²) < 4.78 is 0. The first kappa shape index (κ1) is 16.1. The molecule has 0 aliphatic carbocycles. The van der Waals surface area contributed by atoms with Gasteiger partial charge in [0, 0.05) is 56.9 Å². The zero-order valence-corrected chi connectivity index (χ0v) is 14.3. The molecule has 0 radical (unpaired) electrons. The Morgan fingerprint density at radius 3 is 2.44 bits per heavy atom. The standard InChI is InChI=1S/C18H24N6O/c25-13-16-2-1-7-24(16)18-12-17(20-14-21-18)23-10-8-22(9-11-23)15-3-5-19-6-4-15/h3-6,12,14,16,25H,1-2,7-11,13H2/t16-/m1/s1. The summed E-state index contributed by atoms with van der Waals surface area (Å²) in [4.78, 5) is 19.9. The van der Waals surface area contributed by atoms with Crippen molar-refractivity contribution in [2.45, 2.75) is 18.9 Å². The van der Waals surface area contributed by atoms with Gasteiger partial charge in [0.15, 0.2) is 0 Å². The van der Waals surface area contributed by atoms with Gasteiger partial charge >= 0.3 is 0 Å². The molecule has 7 heteroatoms. The second-order valence-corrected chi connectivity index (χ2v) is 6.59. The third-order valence-corrected chi connectivity index (χ3v) is 5.15. The quantitative estimate of drug-likeness (QED) is 0.896. The first-order chi connectivity index (χ1) is 12.3. The van der Waals surface area contributed by atoms with Crippen LogP contribution >= 0.6 is 0 Å². The molecule has 2 saturated heterocycles. The van der Waals surface area contributed by atoms with Gasteiger partial charge in [0.05, 0.1) is 12.6 Å². The molecule has 2 aliphatic rings. The van der Waals surface area contributed by atoms with Gasteiger partial charge in [-0.05, 0) is 25.0 Å². The Morgan fingerprint density at radius 1 is 0.960 bits per heavy atom. The minimum atomic E-state index is 0.184. The van der Waals surface area contributed by atoms with Crippen molar-refractivity contribution in [1.82, 2.24) is 15.0 Å². The van der Waals surface area contributed by atoms with Crippen LogP contribution in [0.25, 0.3) is 0 Å². The maximum atomic E-state index is 9.55. The Labute approximate surface area is 147 Å². The van der Waals surface area contributed by atoms with Crippen LogP contribution in [0.15, 0.2) is 36.9 Å². The molecule has 0 spiro atoms. The Balaban J connectivity index is 1.44. The maximum absolute atomic E-state index is 9.55. The largest absolute Gasteiger partial charge is 0.394 e. The molecule has 1 atom stereocenters. The van der Waals surface area contributed by atoms with E-state index in [1.165, 1.54) is 5.69 Å². The lowest BCUT2D eigenvalue weighted by Crippen LogP contribution is -2.47. The first-order valence-electron chi connectivity index (χ1n) is 8.94. The van der Waals surface area contributed by atoms with E-state index in [-0.39, 0.29) is 12.6 Å². The molecule has 0 bridgehead atoms. The average Bonchev–Trinajstić information content (AvgIpc) is 3.18. The van der Waals surface area contributed by atoms with E-state index in [2.05, 4.69) is 47.9 Å².